The summed E-state index contributed by atoms with van der Waals surface area (Å²) >= 11 is 2.60. The molecule has 0 bridgehead atoms. The van der Waals surface area contributed by atoms with E-state index in [9.17, 15) is 23.7 Å². The largest absolute Gasteiger partial charge is 0.701 e. The minimum atomic E-state index is -5.04. The molecule has 0 atom stereocenters. The van der Waals surface area contributed by atoms with Crippen LogP contribution in [0.1, 0.15) is 0 Å². The summed E-state index contributed by atoms with van der Waals surface area (Å²) in [6, 6.07) is 0. The monoisotopic (exact) mass is 247 g/mol. The van der Waals surface area contributed by atoms with Crippen molar-refractivity contribution in [1.82, 2.24) is 0 Å². The summed E-state index contributed by atoms with van der Waals surface area (Å²) < 4.78 is 17.8. The molecule has 0 radical (unpaired) electrons. The fourth-order valence-electron chi connectivity index (χ4n) is 0.174. The van der Waals surface area contributed by atoms with Crippen LogP contribution in [0.2, 0.25) is 0 Å². The number of nitrogens with zero attached hydrogens (tertiary/aromatic N) is 3. The summed E-state index contributed by atoms with van der Waals surface area (Å²) in [6.07, 6.45) is 0. The van der Waals surface area contributed by atoms with Gasteiger partial charge in [-0.3, -0.25) is 0 Å². The van der Waals surface area contributed by atoms with Crippen LogP contribution < -0.4 is 0 Å². The van der Waals surface area contributed by atoms with Gasteiger partial charge in [0.05, 0.1) is 4.27 Å². The van der Waals surface area contributed by atoms with E-state index in [-0.39, 0.29) is 5.45 Å². The van der Waals surface area contributed by atoms with Crippen LogP contribution >= 0.6 is 15.9 Å². The molecular weight excluding hydrogens is 246 g/mol. The molecule has 0 saturated heterocycles. The summed E-state index contributed by atoms with van der Waals surface area (Å²) in [4.78, 5) is 9.64. The molecule has 0 aliphatic carbocycles. The second-order valence-corrected chi connectivity index (χ2v) is 3.18. The van der Waals surface area contributed by atoms with Gasteiger partial charge in [0.25, 0.3) is 0 Å². The topological polar surface area (TPSA) is 116 Å². The molecule has 0 spiro atoms. The van der Waals surface area contributed by atoms with Crippen molar-refractivity contribution < 1.29 is 17.0 Å². The molecule has 0 saturated carbocycles. The Morgan fingerprint density at radius 3 is 2.18 bits per heavy atom. The average Bonchev–Trinajstić information content (AvgIpc) is 1.88. The van der Waals surface area contributed by atoms with E-state index in [1.165, 1.54) is 0 Å². The van der Waals surface area contributed by atoms with Gasteiger partial charge in [-0.2, -0.15) is 0 Å². The zero-order chi connectivity index (χ0) is 9.07. The van der Waals surface area contributed by atoms with E-state index in [2.05, 4.69) is 21.0 Å². The Bertz CT molecular complexity index is 280. The third kappa shape index (κ3) is 2.38. The molecule has 0 unspecified atom stereocenters. The summed E-state index contributed by atoms with van der Waals surface area (Å²) in [6.45, 7) is 0. The number of alkyl halides is 1. The van der Waals surface area contributed by atoms with Gasteiger partial charge in [0.2, 0.25) is 4.33 Å². The molecule has 0 fully saturated rings. The molecule has 0 amide bonds. The van der Waals surface area contributed by atoms with Crippen molar-refractivity contribution in [3.8, 4) is 0 Å². The number of halogens is 1. The van der Waals surface area contributed by atoms with Crippen molar-refractivity contribution in [2.45, 2.75) is 0 Å². The van der Waals surface area contributed by atoms with Crippen LogP contribution in [0.25, 0.3) is 0 Å². The highest BCUT2D eigenvalue weighted by molar-refractivity contribution is 9.09. The first-order valence-corrected chi connectivity index (χ1v) is 4.55. The van der Waals surface area contributed by atoms with Crippen molar-refractivity contribution >= 4 is 26.1 Å². The summed E-state index contributed by atoms with van der Waals surface area (Å²) in [5.74, 6) is 0. The van der Waals surface area contributed by atoms with Gasteiger partial charge in [-0.05, 0) is 0 Å². The lowest BCUT2D eigenvalue weighted by molar-refractivity contribution is -0.453. The van der Waals surface area contributed by atoms with Crippen LogP contribution in [0.5, 0.6) is 0 Å². The highest BCUT2D eigenvalue weighted by Crippen LogP contribution is 1.94. The Labute approximate surface area is 69.6 Å². The third-order valence-corrected chi connectivity index (χ3v) is 1.67. The molecule has 0 aromatic carbocycles. The van der Waals surface area contributed by atoms with Crippen LogP contribution in [0.3, 0.4) is 0 Å². The van der Waals surface area contributed by atoms with Crippen LogP contribution in [-0.2, 0) is 10.2 Å². The molecular formula is CH2BrN3O5S. The van der Waals surface area contributed by atoms with E-state index >= 15 is 0 Å². The minimum Gasteiger partial charge on any atom is -0.579 e. The molecule has 0 rings (SSSR count). The Hall–Kier alpha value is -0.770. The van der Waals surface area contributed by atoms with Crippen molar-refractivity contribution in [1.29, 1.82) is 0 Å². The van der Waals surface area contributed by atoms with Crippen molar-refractivity contribution in [2.75, 3.05) is 5.45 Å². The molecule has 0 aromatic heterocycles. The van der Waals surface area contributed by atoms with Gasteiger partial charge in [0, 0.05) is 5.11 Å². The van der Waals surface area contributed by atoms with Gasteiger partial charge in [-0.15, -0.1) is 0 Å². The number of nitro groups is 1. The normalized spacial score (nSPS) is 13.0. The lowest BCUT2D eigenvalue weighted by Crippen LogP contribution is -2.22. The van der Waals surface area contributed by atoms with E-state index in [1.807, 2.05) is 0 Å². The first kappa shape index (κ1) is 10.2. The van der Waals surface area contributed by atoms with E-state index in [1.54, 1.807) is 0 Å². The van der Waals surface area contributed by atoms with E-state index in [0.29, 0.717) is 0 Å². The van der Waals surface area contributed by atoms with Crippen LogP contribution in [0, 0.1) is 15.3 Å². The first-order chi connectivity index (χ1) is 4.92. The van der Waals surface area contributed by atoms with Gasteiger partial charge >= 0.3 is 10.2 Å². The van der Waals surface area contributed by atoms with E-state index in [0.717, 1.165) is 0 Å². The summed E-state index contributed by atoms with van der Waals surface area (Å²) in [5.41, 5.74) is -0.316. The Morgan fingerprint density at radius 2 is 1.91 bits per heavy atom. The Morgan fingerprint density at radius 1 is 1.45 bits per heavy atom. The number of hydrogen-bond donors (Lipinski definition) is 0. The minimum absolute atomic E-state index is 0.316. The van der Waals surface area contributed by atoms with Gasteiger partial charge < -0.3 is 5.21 Å². The molecule has 11 heavy (non-hydrogen) atoms. The fraction of sp³-hybridized carbons (Fsp3) is 1.00. The zero-order valence-electron chi connectivity index (χ0n) is 4.88. The van der Waals surface area contributed by atoms with Gasteiger partial charge in [-0.1, -0.05) is 24.3 Å². The second-order valence-electron chi connectivity index (χ2n) is 1.17. The lowest BCUT2D eigenvalue weighted by atomic mass is 11.5. The van der Waals surface area contributed by atoms with E-state index < -0.39 is 18.8 Å². The molecule has 10 heteroatoms. The SMILES string of the molecule is O=[N+]([O-])S(=O)(=O)[N+]([O-])=NCBr. The number of rotatable bonds is 3. The van der Waals surface area contributed by atoms with Crippen molar-refractivity contribution in [3.05, 3.63) is 15.3 Å². The van der Waals surface area contributed by atoms with Gasteiger partial charge in [0.15, 0.2) is 5.45 Å². The van der Waals surface area contributed by atoms with Crippen LogP contribution in [-0.4, -0.2) is 22.5 Å². The lowest BCUT2D eigenvalue weighted by Gasteiger charge is -1.89. The fourth-order valence-corrected chi connectivity index (χ4v) is 0.844. The predicted octanol–water partition coefficient (Wildman–Crippen LogP) is -0.177. The van der Waals surface area contributed by atoms with Gasteiger partial charge in [-0.25, -0.2) is 10.1 Å². The quantitative estimate of drug-likeness (QED) is 0.171. The maximum atomic E-state index is 10.2. The Balaban J connectivity index is 4.88. The van der Waals surface area contributed by atoms with Gasteiger partial charge in [0.1, 0.15) is 0 Å². The smallest absolute Gasteiger partial charge is 0.579 e. The maximum absolute atomic E-state index is 10.2. The summed E-state index contributed by atoms with van der Waals surface area (Å²) in [5, 5.41) is 22.5. The maximum Gasteiger partial charge on any atom is 0.701 e. The van der Waals surface area contributed by atoms with Crippen LogP contribution in [0.15, 0.2) is 5.11 Å². The molecule has 64 valence electrons. The number of hydrogen-bond acceptors (Lipinski definition) is 6. The highest BCUT2D eigenvalue weighted by atomic mass is 79.9. The standard InChI is InChI=1S/CH2BrN3O5S/c2-1-3-4(6)11(9,10)5(7)8/h1H2. The predicted molar refractivity (Wildman–Crippen MR) is 35.8 cm³/mol. The third-order valence-electron chi connectivity index (χ3n) is 0.555. The molecule has 0 aromatic rings. The molecule has 0 aliphatic heterocycles. The van der Waals surface area contributed by atoms with Crippen LogP contribution in [0.4, 0.5) is 0 Å². The highest BCUT2D eigenvalue weighted by Gasteiger charge is 2.36. The van der Waals surface area contributed by atoms with Crippen molar-refractivity contribution in [3.63, 3.8) is 0 Å². The first-order valence-electron chi connectivity index (χ1n) is 2.03. The molecule has 0 aliphatic rings. The average molecular weight is 248 g/mol. The molecule has 8 nitrogen and oxygen atoms in total. The summed E-state index contributed by atoms with van der Waals surface area (Å²) in [7, 11) is -5.04. The Kier molecular flexibility index (Phi) is 3.32. The van der Waals surface area contributed by atoms with E-state index in [4.69, 9.17) is 0 Å². The molecule has 0 N–H and O–H groups in total. The van der Waals surface area contributed by atoms with Crippen molar-refractivity contribution in [2.24, 2.45) is 5.11 Å². The second kappa shape index (κ2) is 3.57. The zero-order valence-corrected chi connectivity index (χ0v) is 7.28. The molecule has 0 heterocycles.